The Bertz CT molecular complexity index is 575. The van der Waals surface area contributed by atoms with Gasteiger partial charge in [0.25, 0.3) is 5.91 Å². The van der Waals surface area contributed by atoms with Gasteiger partial charge in [0.2, 0.25) is 0 Å². The largest absolute Gasteiger partial charge is 0.380 e. The molecule has 0 N–H and O–H groups in total. The van der Waals surface area contributed by atoms with E-state index < -0.39 is 0 Å². The maximum absolute atomic E-state index is 12.8. The van der Waals surface area contributed by atoms with Crippen LogP contribution in [0.25, 0.3) is 0 Å². The van der Waals surface area contributed by atoms with Crippen molar-refractivity contribution in [1.82, 2.24) is 9.80 Å². The normalized spacial score (nSPS) is 29.8. The third kappa shape index (κ3) is 3.48. The average Bonchev–Trinajstić information content (AvgIpc) is 3.02. The van der Waals surface area contributed by atoms with Crippen molar-refractivity contribution in [3.8, 4) is 0 Å². The smallest absolute Gasteiger partial charge is 0.253 e. The second-order valence-electron chi connectivity index (χ2n) is 7.24. The van der Waals surface area contributed by atoms with Crippen molar-refractivity contribution in [2.24, 2.45) is 11.8 Å². The number of thioether (sulfide) groups is 1. The molecular formula is C19H28N2O2S. The second kappa shape index (κ2) is 7.46. The number of carbonyl (C=O) groups is 1. The molecule has 1 saturated carbocycles. The van der Waals surface area contributed by atoms with Crippen molar-refractivity contribution >= 4 is 17.7 Å². The Balaban J connectivity index is 1.69. The summed E-state index contributed by atoms with van der Waals surface area (Å²) in [4.78, 5) is 18.4. The molecule has 1 aromatic rings. The van der Waals surface area contributed by atoms with Crippen molar-refractivity contribution < 1.29 is 9.53 Å². The fourth-order valence-corrected chi connectivity index (χ4v) is 4.68. The van der Waals surface area contributed by atoms with Gasteiger partial charge in [-0.1, -0.05) is 0 Å². The fourth-order valence-electron chi connectivity index (χ4n) is 4.27. The van der Waals surface area contributed by atoms with E-state index in [-0.39, 0.29) is 12.0 Å². The molecule has 4 atom stereocenters. The van der Waals surface area contributed by atoms with Crippen LogP contribution in [0.1, 0.15) is 23.2 Å². The SMILES string of the molecule is CO[C@@H]1C[C@H]2CN(C(=O)c3ccc(SC)cc3)C[C@H]2C[C@H]1N(C)C. The van der Waals surface area contributed by atoms with Gasteiger partial charge in [0, 0.05) is 36.7 Å². The summed E-state index contributed by atoms with van der Waals surface area (Å²) in [5.74, 6) is 1.34. The van der Waals surface area contributed by atoms with Gasteiger partial charge in [0.15, 0.2) is 0 Å². The minimum Gasteiger partial charge on any atom is -0.380 e. The lowest BCUT2D eigenvalue weighted by molar-refractivity contribution is -0.0209. The highest BCUT2D eigenvalue weighted by Crippen LogP contribution is 2.39. The lowest BCUT2D eigenvalue weighted by Gasteiger charge is -2.40. The molecule has 24 heavy (non-hydrogen) atoms. The molecule has 5 heteroatoms. The second-order valence-corrected chi connectivity index (χ2v) is 8.11. The van der Waals surface area contributed by atoms with Crippen LogP contribution < -0.4 is 0 Å². The number of likely N-dealkylation sites (tertiary alicyclic amines) is 1. The first-order valence-corrected chi connectivity index (χ1v) is 9.88. The summed E-state index contributed by atoms with van der Waals surface area (Å²) < 4.78 is 5.73. The third-order valence-corrected chi connectivity index (χ3v) is 6.42. The highest BCUT2D eigenvalue weighted by atomic mass is 32.2. The van der Waals surface area contributed by atoms with Crippen LogP contribution in [0, 0.1) is 11.8 Å². The average molecular weight is 349 g/mol. The van der Waals surface area contributed by atoms with Gasteiger partial charge >= 0.3 is 0 Å². The minimum absolute atomic E-state index is 0.174. The molecule has 2 fully saturated rings. The summed E-state index contributed by atoms with van der Waals surface area (Å²) in [5.41, 5.74) is 0.805. The number of hydrogen-bond donors (Lipinski definition) is 0. The van der Waals surface area contributed by atoms with Gasteiger partial charge in [-0.25, -0.2) is 0 Å². The number of likely N-dealkylation sites (N-methyl/N-ethyl adjacent to an activating group) is 1. The molecule has 0 unspecified atom stereocenters. The molecule has 1 aromatic carbocycles. The quantitative estimate of drug-likeness (QED) is 0.784. The standard InChI is InChI=1S/C19H28N2O2S/c1-20(2)17-9-14-11-21(12-15(14)10-18(17)23-3)19(22)13-5-7-16(24-4)8-6-13/h5-8,14-15,17-18H,9-12H2,1-4H3/t14-,15+,17-,18-/m1/s1. The van der Waals surface area contributed by atoms with E-state index in [1.54, 1.807) is 11.8 Å². The number of amides is 1. The van der Waals surface area contributed by atoms with Crippen molar-refractivity contribution in [2.75, 3.05) is 40.6 Å². The summed E-state index contributed by atoms with van der Waals surface area (Å²) in [5, 5.41) is 0. The number of fused-ring (bicyclic) bond motifs is 1. The maximum atomic E-state index is 12.8. The van der Waals surface area contributed by atoms with Crippen LogP contribution in [0.4, 0.5) is 0 Å². The molecule has 1 aliphatic heterocycles. The molecule has 3 rings (SSSR count). The number of rotatable bonds is 4. The van der Waals surface area contributed by atoms with Crippen molar-refractivity contribution in [2.45, 2.75) is 29.9 Å². The number of methoxy groups -OCH3 is 1. The van der Waals surface area contributed by atoms with E-state index in [1.807, 2.05) is 36.3 Å². The van der Waals surface area contributed by atoms with Gasteiger partial charge in [-0.15, -0.1) is 11.8 Å². The predicted molar refractivity (Wildman–Crippen MR) is 98.6 cm³/mol. The molecule has 1 amide bonds. The molecule has 0 aromatic heterocycles. The lowest BCUT2D eigenvalue weighted by Crippen LogP contribution is -2.47. The maximum Gasteiger partial charge on any atom is 0.253 e. The Kier molecular flexibility index (Phi) is 5.52. The van der Waals surface area contributed by atoms with Gasteiger partial charge in [-0.05, 0) is 69.3 Å². The molecule has 132 valence electrons. The van der Waals surface area contributed by atoms with Crippen molar-refractivity contribution in [3.63, 3.8) is 0 Å². The molecule has 4 nitrogen and oxygen atoms in total. The number of nitrogens with zero attached hydrogens (tertiary/aromatic N) is 2. The highest BCUT2D eigenvalue weighted by Gasteiger charge is 2.44. The van der Waals surface area contributed by atoms with Crippen LogP contribution in [0.15, 0.2) is 29.2 Å². The van der Waals surface area contributed by atoms with Crippen LogP contribution in [0.2, 0.25) is 0 Å². The number of ether oxygens (including phenoxy) is 1. The summed E-state index contributed by atoms with van der Waals surface area (Å²) >= 11 is 1.70. The zero-order valence-corrected chi connectivity index (χ0v) is 15.9. The topological polar surface area (TPSA) is 32.8 Å². The van der Waals surface area contributed by atoms with E-state index in [9.17, 15) is 4.79 Å². The highest BCUT2D eigenvalue weighted by molar-refractivity contribution is 7.98. The summed E-state index contributed by atoms with van der Waals surface area (Å²) in [6, 6.07) is 8.42. The third-order valence-electron chi connectivity index (χ3n) is 5.68. The Morgan fingerprint density at radius 1 is 1.17 bits per heavy atom. The van der Waals surface area contributed by atoms with Gasteiger partial charge < -0.3 is 14.5 Å². The van der Waals surface area contributed by atoms with Crippen LogP contribution in [0.5, 0.6) is 0 Å². The zero-order chi connectivity index (χ0) is 17.3. The van der Waals surface area contributed by atoms with E-state index in [4.69, 9.17) is 4.74 Å². The molecule has 0 spiro atoms. The molecular weight excluding hydrogens is 320 g/mol. The van der Waals surface area contributed by atoms with Crippen LogP contribution in [0.3, 0.4) is 0 Å². The first kappa shape index (κ1) is 17.8. The van der Waals surface area contributed by atoms with E-state index in [1.165, 1.54) is 4.90 Å². The van der Waals surface area contributed by atoms with E-state index >= 15 is 0 Å². The van der Waals surface area contributed by atoms with Crippen molar-refractivity contribution in [1.29, 1.82) is 0 Å². The van der Waals surface area contributed by atoms with Gasteiger partial charge in [-0.2, -0.15) is 0 Å². The van der Waals surface area contributed by atoms with Crippen LogP contribution in [-0.4, -0.2) is 68.4 Å². The van der Waals surface area contributed by atoms with Gasteiger partial charge in [0.05, 0.1) is 6.10 Å². The molecule has 0 bridgehead atoms. The monoisotopic (exact) mass is 348 g/mol. The van der Waals surface area contributed by atoms with E-state index in [2.05, 4.69) is 25.3 Å². The summed E-state index contributed by atoms with van der Waals surface area (Å²) in [6.07, 6.45) is 4.50. The van der Waals surface area contributed by atoms with E-state index in [0.717, 1.165) is 31.5 Å². The Morgan fingerprint density at radius 2 is 1.79 bits per heavy atom. The molecule has 1 aliphatic carbocycles. The minimum atomic E-state index is 0.174. The Morgan fingerprint density at radius 3 is 2.33 bits per heavy atom. The van der Waals surface area contributed by atoms with Gasteiger partial charge in [-0.3, -0.25) is 4.79 Å². The summed E-state index contributed by atoms with van der Waals surface area (Å²) in [7, 11) is 6.07. The lowest BCUT2D eigenvalue weighted by atomic mass is 9.77. The van der Waals surface area contributed by atoms with Crippen LogP contribution >= 0.6 is 11.8 Å². The molecule has 0 radical (unpaired) electrons. The van der Waals surface area contributed by atoms with Gasteiger partial charge in [0.1, 0.15) is 0 Å². The molecule has 2 aliphatic rings. The fraction of sp³-hybridized carbons (Fsp3) is 0.632. The first-order valence-electron chi connectivity index (χ1n) is 8.66. The zero-order valence-electron chi connectivity index (χ0n) is 15.1. The number of benzene rings is 1. The Labute approximate surface area is 149 Å². The molecule has 1 heterocycles. The summed E-state index contributed by atoms with van der Waals surface area (Å²) in [6.45, 7) is 1.75. The Hall–Kier alpha value is -1.04. The number of carbonyl (C=O) groups excluding carboxylic acids is 1. The van der Waals surface area contributed by atoms with Crippen molar-refractivity contribution in [3.05, 3.63) is 29.8 Å². The van der Waals surface area contributed by atoms with Crippen LogP contribution in [-0.2, 0) is 4.74 Å². The first-order chi connectivity index (χ1) is 11.5. The number of hydrogen-bond acceptors (Lipinski definition) is 4. The van der Waals surface area contributed by atoms with E-state index in [0.29, 0.717) is 17.9 Å². The molecule has 1 saturated heterocycles. The predicted octanol–water partition coefficient (Wildman–Crippen LogP) is 2.84.